The van der Waals surface area contributed by atoms with Gasteiger partial charge in [-0.05, 0) is 62.4 Å². The zero-order valence-corrected chi connectivity index (χ0v) is 30.7. The zero-order chi connectivity index (χ0) is 37.3. The van der Waals surface area contributed by atoms with Crippen molar-refractivity contribution in [3.63, 3.8) is 0 Å². The molecule has 1 N–H and O–H groups in total. The average molecular weight is 709 g/mol. The molecule has 4 aromatic rings. The highest BCUT2D eigenvalue weighted by Gasteiger charge is 2.41. The molecule has 1 aromatic heterocycles. The van der Waals surface area contributed by atoms with Crippen LogP contribution in [0.3, 0.4) is 0 Å². The van der Waals surface area contributed by atoms with Crippen molar-refractivity contribution in [2.24, 2.45) is 7.05 Å². The third kappa shape index (κ3) is 8.86. The van der Waals surface area contributed by atoms with E-state index in [2.05, 4.69) is 11.9 Å². The maximum Gasteiger partial charge on any atom is 0.414 e. The lowest BCUT2D eigenvalue weighted by Crippen LogP contribution is -2.43. The molecule has 2 saturated heterocycles. The molecule has 0 spiro atoms. The number of aryl methyl sites for hydroxylation is 1. The Kier molecular flexibility index (Phi) is 12.8. The molecule has 1 amide bonds. The van der Waals surface area contributed by atoms with E-state index in [9.17, 15) is 19.5 Å². The first-order valence-electron chi connectivity index (χ1n) is 17.8. The van der Waals surface area contributed by atoms with E-state index in [1.807, 2.05) is 111 Å². The second-order valence-corrected chi connectivity index (χ2v) is 13.9. The molecule has 3 heterocycles. The number of hydrogen-bond acceptors (Lipinski definition) is 8. The first-order chi connectivity index (χ1) is 25.0. The maximum absolute atomic E-state index is 13.4. The quantitative estimate of drug-likeness (QED) is 0.169. The predicted molar refractivity (Wildman–Crippen MR) is 196 cm³/mol. The van der Waals surface area contributed by atoms with Gasteiger partial charge < -0.3 is 29.1 Å². The fourth-order valence-electron chi connectivity index (χ4n) is 7.00. The van der Waals surface area contributed by atoms with Crippen LogP contribution in [0.25, 0.3) is 0 Å². The Balaban J connectivity index is 0.000000216. The zero-order valence-electron chi connectivity index (χ0n) is 30.7. The SMILES string of the molecule is CN(C)C(=O)Oc1ccc[n+](C)c1COC(=O)C(C)(c1ccccc1)c1ccccc1.CN1[C@@H]2CC[C@H]1CC(OC(=O)C(CO)c1ccccc1)C2. The number of esters is 2. The van der Waals surface area contributed by atoms with E-state index >= 15 is 0 Å². The fraction of sp³-hybridized carbons (Fsp3) is 0.381. The van der Waals surface area contributed by atoms with Crippen molar-refractivity contribution >= 4 is 18.0 Å². The van der Waals surface area contributed by atoms with Gasteiger partial charge in [0.25, 0.3) is 5.69 Å². The molecule has 0 aliphatic carbocycles. The number of aliphatic hydroxyl groups excluding tert-OH is 1. The molecule has 0 radical (unpaired) electrons. The lowest BCUT2D eigenvalue weighted by atomic mass is 9.76. The number of carbonyl (C=O) groups is 3. The summed E-state index contributed by atoms with van der Waals surface area (Å²) in [5.74, 6) is -0.905. The van der Waals surface area contributed by atoms with E-state index in [1.165, 1.54) is 17.7 Å². The standard InChI is InChI=1S/C25H27N2O4.C17H23NO3/c1-25(19-12-7-5-8-13-19,20-14-9-6-10-15-20)23(28)30-18-21-22(16-11-17-27(21)4)31-24(29)26(2)3;1-18-13-7-8-14(18)10-15(9-13)21-17(20)16(11-19)12-5-3-2-4-6-12/h5-17H,18H2,1-4H3;2-6,13-16,19H,7-11H2,1H3/q+1;/t;13-,14+,15?,16?. The summed E-state index contributed by atoms with van der Waals surface area (Å²) < 4.78 is 18.7. The highest BCUT2D eigenvalue weighted by atomic mass is 16.6. The summed E-state index contributed by atoms with van der Waals surface area (Å²) in [7, 11) is 7.19. The Bertz CT molecular complexity index is 1730. The predicted octanol–water partition coefficient (Wildman–Crippen LogP) is 5.55. The van der Waals surface area contributed by atoms with Crippen molar-refractivity contribution in [2.75, 3.05) is 27.7 Å². The third-order valence-corrected chi connectivity index (χ3v) is 10.3. The Hall–Kier alpha value is -5.06. The molecule has 2 unspecified atom stereocenters. The smallest absolute Gasteiger partial charge is 0.414 e. The van der Waals surface area contributed by atoms with Gasteiger partial charge in [-0.2, -0.15) is 4.57 Å². The van der Waals surface area contributed by atoms with Gasteiger partial charge in [-0.25, -0.2) is 4.79 Å². The van der Waals surface area contributed by atoms with Gasteiger partial charge in [-0.1, -0.05) is 91.0 Å². The molecular weight excluding hydrogens is 658 g/mol. The second-order valence-electron chi connectivity index (χ2n) is 13.9. The number of fused-ring (bicyclic) bond motifs is 2. The van der Waals surface area contributed by atoms with E-state index in [-0.39, 0.29) is 25.3 Å². The number of amides is 1. The van der Waals surface area contributed by atoms with Gasteiger partial charge in [0.05, 0.1) is 6.61 Å². The van der Waals surface area contributed by atoms with Gasteiger partial charge in [-0.3, -0.25) is 9.59 Å². The molecular formula is C42H50N3O7+. The molecule has 3 aromatic carbocycles. The minimum atomic E-state index is -0.990. The molecule has 274 valence electrons. The Labute approximate surface area is 306 Å². The Morgan fingerprint density at radius 1 is 0.865 bits per heavy atom. The molecule has 4 atom stereocenters. The van der Waals surface area contributed by atoms with Crippen LogP contribution in [0.5, 0.6) is 5.75 Å². The van der Waals surface area contributed by atoms with Crippen LogP contribution in [-0.2, 0) is 38.1 Å². The largest absolute Gasteiger partial charge is 0.462 e. The van der Waals surface area contributed by atoms with Crippen molar-refractivity contribution in [3.8, 4) is 5.75 Å². The first kappa shape index (κ1) is 38.2. The molecule has 10 heteroatoms. The minimum absolute atomic E-state index is 0.00367. The maximum atomic E-state index is 13.4. The molecule has 52 heavy (non-hydrogen) atoms. The average Bonchev–Trinajstić information content (AvgIpc) is 3.35. The normalized spacial score (nSPS) is 18.7. The van der Waals surface area contributed by atoms with Crippen LogP contribution in [0.1, 0.15) is 60.9 Å². The number of carbonyl (C=O) groups excluding carboxylic acids is 3. The van der Waals surface area contributed by atoms with Crippen LogP contribution in [0.4, 0.5) is 4.79 Å². The molecule has 2 fully saturated rings. The number of hydrogen-bond donors (Lipinski definition) is 1. The summed E-state index contributed by atoms with van der Waals surface area (Å²) in [6.07, 6.45) is 5.57. The highest BCUT2D eigenvalue weighted by molar-refractivity contribution is 5.87. The van der Waals surface area contributed by atoms with Gasteiger partial charge in [0.15, 0.2) is 12.8 Å². The number of rotatable bonds is 10. The topological polar surface area (TPSA) is 109 Å². The van der Waals surface area contributed by atoms with Crippen LogP contribution < -0.4 is 9.30 Å². The van der Waals surface area contributed by atoms with Gasteiger partial charge in [0.2, 0.25) is 5.75 Å². The van der Waals surface area contributed by atoms with E-state index in [4.69, 9.17) is 14.2 Å². The third-order valence-electron chi connectivity index (χ3n) is 10.3. The van der Waals surface area contributed by atoms with Crippen molar-refractivity contribution in [2.45, 2.75) is 68.7 Å². The summed E-state index contributed by atoms with van der Waals surface area (Å²) in [6.45, 7) is 1.61. The lowest BCUT2D eigenvalue weighted by molar-refractivity contribution is -0.681. The van der Waals surface area contributed by atoms with Gasteiger partial charge in [-0.15, -0.1) is 0 Å². The fourth-order valence-corrected chi connectivity index (χ4v) is 7.00. The number of pyridine rings is 1. The van der Waals surface area contributed by atoms with Crippen LogP contribution in [0.2, 0.25) is 0 Å². The van der Waals surface area contributed by atoms with E-state index < -0.39 is 23.4 Å². The summed E-state index contributed by atoms with van der Waals surface area (Å²) >= 11 is 0. The van der Waals surface area contributed by atoms with E-state index in [0.29, 0.717) is 23.5 Å². The molecule has 10 nitrogen and oxygen atoms in total. The number of aliphatic hydroxyl groups is 1. The van der Waals surface area contributed by atoms with E-state index in [1.54, 1.807) is 30.8 Å². The van der Waals surface area contributed by atoms with Crippen LogP contribution in [0.15, 0.2) is 109 Å². The minimum Gasteiger partial charge on any atom is -0.462 e. The number of benzene rings is 3. The molecule has 2 aliphatic rings. The number of piperidine rings is 1. The summed E-state index contributed by atoms with van der Waals surface area (Å²) in [4.78, 5) is 41.6. The summed E-state index contributed by atoms with van der Waals surface area (Å²) in [6, 6.07) is 33.0. The first-order valence-corrected chi connectivity index (χ1v) is 17.8. The molecule has 2 aliphatic heterocycles. The Morgan fingerprint density at radius 3 is 1.92 bits per heavy atom. The molecule has 0 saturated carbocycles. The molecule has 6 rings (SSSR count). The van der Waals surface area contributed by atoms with Crippen molar-refractivity contribution in [1.29, 1.82) is 0 Å². The summed E-state index contributed by atoms with van der Waals surface area (Å²) in [5.41, 5.74) is 2.08. The lowest BCUT2D eigenvalue weighted by Gasteiger charge is -2.36. The van der Waals surface area contributed by atoms with Crippen LogP contribution >= 0.6 is 0 Å². The van der Waals surface area contributed by atoms with Gasteiger partial charge >= 0.3 is 18.0 Å². The van der Waals surface area contributed by atoms with Crippen LogP contribution in [0, 0.1) is 0 Å². The van der Waals surface area contributed by atoms with E-state index in [0.717, 1.165) is 29.5 Å². The molecule has 2 bridgehead atoms. The number of nitrogens with zero attached hydrogens (tertiary/aromatic N) is 3. The monoisotopic (exact) mass is 708 g/mol. The Morgan fingerprint density at radius 2 is 1.40 bits per heavy atom. The van der Waals surface area contributed by atoms with Crippen molar-refractivity contribution in [1.82, 2.24) is 9.80 Å². The second kappa shape index (κ2) is 17.4. The number of ether oxygens (including phenoxy) is 3. The van der Waals surface area contributed by atoms with Crippen molar-refractivity contribution in [3.05, 3.63) is 132 Å². The highest BCUT2D eigenvalue weighted by Crippen LogP contribution is 2.36. The van der Waals surface area contributed by atoms with Crippen molar-refractivity contribution < 1.29 is 38.3 Å². The number of aromatic nitrogens is 1. The summed E-state index contributed by atoms with van der Waals surface area (Å²) in [5, 5.41) is 9.53. The van der Waals surface area contributed by atoms with Gasteiger partial charge in [0, 0.05) is 32.2 Å². The van der Waals surface area contributed by atoms with Crippen LogP contribution in [-0.4, -0.2) is 78.9 Å². The van der Waals surface area contributed by atoms with Gasteiger partial charge in [0.1, 0.15) is 24.5 Å².